The molecule has 3 fully saturated rings. The van der Waals surface area contributed by atoms with E-state index in [-0.39, 0.29) is 16.2 Å². The minimum Gasteiger partial charge on any atom is -0.309 e. The number of fused-ring (bicyclic) bond motifs is 14. The van der Waals surface area contributed by atoms with Crippen molar-refractivity contribution in [3.05, 3.63) is 246 Å². The Labute approximate surface area is 425 Å². The number of hydrogen-bond acceptors (Lipinski definition) is 0. The van der Waals surface area contributed by atoms with E-state index in [1.165, 1.54) is 129 Å². The molecule has 6 atom stereocenters. The van der Waals surface area contributed by atoms with Gasteiger partial charge in [-0.3, -0.25) is 0 Å². The van der Waals surface area contributed by atoms with Crippen molar-refractivity contribution in [3.63, 3.8) is 0 Å². The third-order valence-electron chi connectivity index (χ3n) is 19.6. The lowest BCUT2D eigenvalue weighted by atomic mass is 9.44. The van der Waals surface area contributed by atoms with Crippen LogP contribution in [0.3, 0.4) is 0 Å². The molecule has 4 bridgehead atoms. The first-order valence-electron chi connectivity index (χ1n) is 27.2. The van der Waals surface area contributed by atoms with E-state index in [2.05, 4.69) is 224 Å². The molecule has 350 valence electrons. The van der Waals surface area contributed by atoms with Gasteiger partial charge in [0.1, 0.15) is 0 Å². The van der Waals surface area contributed by atoms with Gasteiger partial charge in [0, 0.05) is 27.0 Å². The Morgan fingerprint density at radius 2 is 0.931 bits per heavy atom. The van der Waals surface area contributed by atoms with Crippen LogP contribution in [-0.2, 0) is 16.2 Å². The summed E-state index contributed by atoms with van der Waals surface area (Å²) in [5, 5.41) is 2.64. The van der Waals surface area contributed by atoms with Gasteiger partial charge in [-0.15, -0.1) is 0 Å². The van der Waals surface area contributed by atoms with Crippen LogP contribution in [0.2, 0.25) is 0 Å². The second kappa shape index (κ2) is 16.1. The van der Waals surface area contributed by atoms with Crippen LogP contribution in [0.1, 0.15) is 109 Å². The first-order chi connectivity index (χ1) is 35.6. The summed E-state index contributed by atoms with van der Waals surface area (Å²) in [6.45, 7) is 2.34. The molecule has 0 amide bonds. The summed E-state index contributed by atoms with van der Waals surface area (Å²) in [6, 6.07) is 83.5. The van der Waals surface area contributed by atoms with E-state index in [0.717, 1.165) is 12.8 Å². The average molecular weight is 928 g/mol. The SMILES string of the molecule is Cc1ccccc1-c1ccccc1C12CCCCC34CC(CCC5(CCC(C1)c1ccccc1-c1ccccc15)C23)c1ccccc1-c1cccc(-n2c3ccccc3c3cc(-c5ccccc5)ccc32)c14. The summed E-state index contributed by atoms with van der Waals surface area (Å²) in [6.07, 6.45) is 11.9. The predicted molar refractivity (Wildman–Crippen MR) is 300 cm³/mol. The molecule has 9 aromatic carbocycles. The largest absolute Gasteiger partial charge is 0.309 e. The average Bonchev–Trinajstić information content (AvgIpc) is 3.57. The van der Waals surface area contributed by atoms with E-state index < -0.39 is 0 Å². The summed E-state index contributed by atoms with van der Waals surface area (Å²) in [4.78, 5) is 0. The number of hydrogen-bond donors (Lipinski definition) is 0. The van der Waals surface area contributed by atoms with Gasteiger partial charge in [-0.1, -0.05) is 201 Å². The molecule has 5 aliphatic rings. The smallest absolute Gasteiger partial charge is 0.0541 e. The second-order valence-electron chi connectivity index (χ2n) is 22.7. The number of nitrogens with zero attached hydrogens (tertiary/aromatic N) is 1. The molecule has 1 aromatic heterocycles. The van der Waals surface area contributed by atoms with Gasteiger partial charge in [0.15, 0.2) is 0 Å². The highest BCUT2D eigenvalue weighted by Crippen LogP contribution is 2.73. The highest BCUT2D eigenvalue weighted by Gasteiger charge is 2.67. The lowest BCUT2D eigenvalue weighted by Gasteiger charge is -2.59. The molecule has 0 saturated heterocycles. The number of aromatic nitrogens is 1. The molecule has 15 rings (SSSR count). The molecule has 0 radical (unpaired) electrons. The van der Waals surface area contributed by atoms with Crippen molar-refractivity contribution < 1.29 is 0 Å². The van der Waals surface area contributed by atoms with Gasteiger partial charge in [0.2, 0.25) is 0 Å². The van der Waals surface area contributed by atoms with E-state index in [1.807, 2.05) is 0 Å². The molecule has 0 aliphatic heterocycles. The monoisotopic (exact) mass is 927 g/mol. The van der Waals surface area contributed by atoms with Crippen molar-refractivity contribution in [2.24, 2.45) is 5.92 Å². The van der Waals surface area contributed by atoms with Crippen LogP contribution in [0.25, 0.3) is 72.0 Å². The Bertz CT molecular complexity index is 3780. The Morgan fingerprint density at radius 1 is 0.389 bits per heavy atom. The zero-order chi connectivity index (χ0) is 47.6. The summed E-state index contributed by atoms with van der Waals surface area (Å²) in [5.74, 6) is 1.17. The number of rotatable bonds is 4. The van der Waals surface area contributed by atoms with Crippen molar-refractivity contribution in [3.8, 4) is 50.2 Å². The Kier molecular flexibility index (Phi) is 9.52. The third-order valence-corrected chi connectivity index (χ3v) is 19.6. The van der Waals surface area contributed by atoms with Gasteiger partial charge in [0.05, 0.1) is 16.7 Å². The first kappa shape index (κ1) is 42.5. The maximum absolute atomic E-state index is 2.73. The van der Waals surface area contributed by atoms with Crippen LogP contribution >= 0.6 is 0 Å². The van der Waals surface area contributed by atoms with Gasteiger partial charge in [0.25, 0.3) is 0 Å². The molecule has 72 heavy (non-hydrogen) atoms. The van der Waals surface area contributed by atoms with E-state index in [0.29, 0.717) is 17.8 Å². The molecule has 10 aromatic rings. The fraction of sp³-hybridized carbons (Fsp3) is 0.239. The molecule has 3 saturated carbocycles. The molecule has 1 heteroatoms. The first-order valence-corrected chi connectivity index (χ1v) is 27.2. The van der Waals surface area contributed by atoms with Crippen LogP contribution in [0, 0.1) is 12.8 Å². The van der Waals surface area contributed by atoms with Crippen LogP contribution < -0.4 is 0 Å². The van der Waals surface area contributed by atoms with Crippen LogP contribution in [0.15, 0.2) is 212 Å². The zero-order valence-electron chi connectivity index (χ0n) is 41.5. The molecule has 1 heterocycles. The minimum atomic E-state index is -0.193. The van der Waals surface area contributed by atoms with Crippen molar-refractivity contribution >= 4 is 21.8 Å². The number of aryl methyl sites for hydroxylation is 1. The van der Waals surface area contributed by atoms with Crippen molar-refractivity contribution in [2.75, 3.05) is 0 Å². The van der Waals surface area contributed by atoms with Gasteiger partial charge in [-0.2, -0.15) is 0 Å². The molecule has 5 aliphatic carbocycles. The molecule has 6 unspecified atom stereocenters. The summed E-state index contributed by atoms with van der Waals surface area (Å²) >= 11 is 0. The second-order valence-corrected chi connectivity index (χ2v) is 22.7. The summed E-state index contributed by atoms with van der Waals surface area (Å²) in [7, 11) is 0. The quantitative estimate of drug-likeness (QED) is 0.166. The van der Waals surface area contributed by atoms with Gasteiger partial charge in [-0.25, -0.2) is 0 Å². The minimum absolute atomic E-state index is 0.0983. The van der Waals surface area contributed by atoms with E-state index in [1.54, 1.807) is 27.8 Å². The molecule has 1 nitrogen and oxygen atoms in total. The summed E-state index contributed by atoms with van der Waals surface area (Å²) < 4.78 is 2.73. The zero-order valence-corrected chi connectivity index (χ0v) is 41.5. The van der Waals surface area contributed by atoms with Crippen molar-refractivity contribution in [1.29, 1.82) is 0 Å². The Balaban J connectivity index is 1.11. The fourth-order valence-corrected chi connectivity index (χ4v) is 17.2. The standard InChI is InChI=1S/C71H61N/c1-47-20-5-6-23-52(47)57-28-11-15-33-63(57)70-40-17-18-41-71-46-51(39-43-69(68(70)71)42-38-50(45-70)53-24-7-9-26-55(53)58-29-12-14-32-62(58)69)54-25-8-10-27-56(54)60-31-19-35-66(67(60)71)72-64-34-16-13-30-59(64)61-44-49(36-37-65(61)72)48-21-3-2-4-22-48/h2-16,19-37,44,50-51,68H,17-18,38-43,45-46H2,1H3. The number of benzene rings is 9. The number of para-hydroxylation sites is 1. The van der Waals surface area contributed by atoms with Gasteiger partial charge < -0.3 is 4.57 Å². The molecular weight excluding hydrogens is 867 g/mol. The van der Waals surface area contributed by atoms with Crippen molar-refractivity contribution in [1.82, 2.24) is 4.57 Å². The topological polar surface area (TPSA) is 4.93 Å². The predicted octanol–water partition coefficient (Wildman–Crippen LogP) is 18.6. The molecule has 0 N–H and O–H groups in total. The highest BCUT2D eigenvalue weighted by atomic mass is 15.0. The van der Waals surface area contributed by atoms with Crippen LogP contribution in [0.5, 0.6) is 0 Å². The highest BCUT2D eigenvalue weighted by molar-refractivity contribution is 6.11. The summed E-state index contributed by atoms with van der Waals surface area (Å²) in [5.41, 5.74) is 24.1. The van der Waals surface area contributed by atoms with E-state index in [9.17, 15) is 0 Å². The maximum atomic E-state index is 2.73. The fourth-order valence-electron chi connectivity index (χ4n) is 17.2. The molecule has 2 spiro atoms. The van der Waals surface area contributed by atoms with E-state index >= 15 is 0 Å². The van der Waals surface area contributed by atoms with Gasteiger partial charge in [-0.05, 0) is 178 Å². The molecular formula is C71H61N. The van der Waals surface area contributed by atoms with Crippen molar-refractivity contribution in [2.45, 2.75) is 99.2 Å². The lowest BCUT2D eigenvalue weighted by molar-refractivity contribution is 0.0571. The normalized spacial score (nSPS) is 24.8. The Morgan fingerprint density at radius 3 is 1.67 bits per heavy atom. The van der Waals surface area contributed by atoms with E-state index in [4.69, 9.17) is 0 Å². The van der Waals surface area contributed by atoms with Crippen LogP contribution in [0.4, 0.5) is 0 Å². The van der Waals surface area contributed by atoms with Crippen LogP contribution in [-0.4, -0.2) is 4.57 Å². The maximum Gasteiger partial charge on any atom is 0.0541 e. The lowest BCUT2D eigenvalue weighted by Crippen LogP contribution is -2.56. The van der Waals surface area contributed by atoms with Gasteiger partial charge >= 0.3 is 0 Å². The third kappa shape index (κ3) is 5.94. The Hall–Kier alpha value is -7.22.